The molecule has 2 rings (SSSR count). The number of aromatic hydroxyl groups is 1. The van der Waals surface area contributed by atoms with Gasteiger partial charge in [0.05, 0.1) is 19.3 Å². The fourth-order valence-electron chi connectivity index (χ4n) is 1.84. The summed E-state index contributed by atoms with van der Waals surface area (Å²) in [6, 6.07) is 4.32. The molecule has 1 aromatic rings. The number of hydrogen-bond donors (Lipinski definition) is 3. The fraction of sp³-hybridized carbons (Fsp3) is 0.500. The molecule has 1 saturated carbocycles. The molecule has 1 aliphatic carbocycles. The van der Waals surface area contributed by atoms with Crippen LogP contribution in [0.25, 0.3) is 0 Å². The molecule has 0 unspecified atom stereocenters. The highest BCUT2D eigenvalue weighted by atomic mass is 35.5. The van der Waals surface area contributed by atoms with Crippen LogP contribution in [0.3, 0.4) is 0 Å². The average Bonchev–Trinajstić information content (AvgIpc) is 3.12. The quantitative estimate of drug-likeness (QED) is 0.768. The van der Waals surface area contributed by atoms with Crippen LogP contribution < -0.4 is 10.5 Å². The number of ether oxygens (including phenoxy) is 1. The number of phenolic OH excluding ortho intramolecular Hbond substituents is 1. The smallest absolute Gasteiger partial charge is 0.120 e. The number of methoxy groups -OCH3 is 1. The Morgan fingerprint density at radius 2 is 2.06 bits per heavy atom. The van der Waals surface area contributed by atoms with E-state index < -0.39 is 12.1 Å². The second-order valence-corrected chi connectivity index (χ2v) is 4.28. The number of rotatable bonds is 4. The van der Waals surface area contributed by atoms with Gasteiger partial charge in [0.15, 0.2) is 0 Å². The van der Waals surface area contributed by atoms with Crippen molar-refractivity contribution in [3.63, 3.8) is 0 Å². The minimum absolute atomic E-state index is 0. The van der Waals surface area contributed by atoms with Crippen molar-refractivity contribution in [2.24, 2.45) is 11.7 Å². The lowest BCUT2D eigenvalue weighted by Gasteiger charge is -2.20. The van der Waals surface area contributed by atoms with Gasteiger partial charge in [0.2, 0.25) is 0 Å². The van der Waals surface area contributed by atoms with Crippen LogP contribution in [0.1, 0.15) is 24.4 Å². The standard InChI is InChI=1S/C12H17NO3.ClH/c1-16-8-4-5-10(14)9(6-8)11(13)12(15)7-2-3-7;/h4-7,11-12,14-15H,2-3,13H2,1H3;1H/t11-,12+;/m0./s1. The van der Waals surface area contributed by atoms with E-state index in [0.717, 1.165) is 12.8 Å². The van der Waals surface area contributed by atoms with Gasteiger partial charge in [-0.2, -0.15) is 0 Å². The van der Waals surface area contributed by atoms with Crippen LogP contribution in [0.15, 0.2) is 18.2 Å². The monoisotopic (exact) mass is 259 g/mol. The molecular formula is C12H18ClNO3. The minimum atomic E-state index is -0.585. The van der Waals surface area contributed by atoms with Gasteiger partial charge in [-0.1, -0.05) is 0 Å². The summed E-state index contributed by atoms with van der Waals surface area (Å²) < 4.78 is 5.07. The number of aliphatic hydroxyl groups excluding tert-OH is 1. The first-order valence-electron chi connectivity index (χ1n) is 5.44. The molecule has 0 saturated heterocycles. The van der Waals surface area contributed by atoms with Gasteiger partial charge < -0.3 is 20.7 Å². The maximum atomic E-state index is 9.92. The molecule has 0 amide bonds. The second kappa shape index (κ2) is 5.58. The molecule has 0 aromatic heterocycles. The Kier molecular flexibility index (Phi) is 4.62. The molecule has 1 aromatic carbocycles. The van der Waals surface area contributed by atoms with Gasteiger partial charge in [-0.15, -0.1) is 12.4 Å². The summed E-state index contributed by atoms with van der Waals surface area (Å²) in [7, 11) is 1.55. The van der Waals surface area contributed by atoms with Gasteiger partial charge in [0.25, 0.3) is 0 Å². The van der Waals surface area contributed by atoms with Crippen LogP contribution in [-0.2, 0) is 0 Å². The summed E-state index contributed by atoms with van der Waals surface area (Å²) in [6.07, 6.45) is 1.44. The molecule has 0 heterocycles. The van der Waals surface area contributed by atoms with Crippen molar-refractivity contribution >= 4 is 12.4 Å². The summed E-state index contributed by atoms with van der Waals surface area (Å²) in [4.78, 5) is 0. The fourth-order valence-corrected chi connectivity index (χ4v) is 1.84. The van der Waals surface area contributed by atoms with Crippen LogP contribution in [0.4, 0.5) is 0 Å². The zero-order chi connectivity index (χ0) is 11.7. The lowest BCUT2D eigenvalue weighted by molar-refractivity contribution is 0.121. The molecule has 0 aliphatic heterocycles. The van der Waals surface area contributed by atoms with E-state index in [4.69, 9.17) is 10.5 Å². The SMILES string of the molecule is COc1ccc(O)c([C@H](N)[C@H](O)C2CC2)c1.Cl. The third-order valence-electron chi connectivity index (χ3n) is 3.07. The Labute approximate surface area is 107 Å². The predicted octanol–water partition coefficient (Wildman–Crippen LogP) is 1.59. The predicted molar refractivity (Wildman–Crippen MR) is 67.6 cm³/mol. The minimum Gasteiger partial charge on any atom is -0.508 e. The van der Waals surface area contributed by atoms with Crippen molar-refractivity contribution in [2.75, 3.05) is 7.11 Å². The maximum absolute atomic E-state index is 9.92. The van der Waals surface area contributed by atoms with Crippen LogP contribution in [0, 0.1) is 5.92 Å². The zero-order valence-corrected chi connectivity index (χ0v) is 10.5. The number of nitrogens with two attached hydrogens (primary N) is 1. The number of halogens is 1. The summed E-state index contributed by atoms with van der Waals surface area (Å²) in [6.45, 7) is 0. The van der Waals surface area contributed by atoms with Crippen molar-refractivity contribution in [1.82, 2.24) is 0 Å². The van der Waals surface area contributed by atoms with Gasteiger partial charge in [0, 0.05) is 5.56 Å². The van der Waals surface area contributed by atoms with E-state index in [2.05, 4.69) is 0 Å². The Morgan fingerprint density at radius 3 is 2.59 bits per heavy atom. The third kappa shape index (κ3) is 3.03. The van der Waals surface area contributed by atoms with Crippen molar-refractivity contribution in [1.29, 1.82) is 0 Å². The molecular weight excluding hydrogens is 242 g/mol. The first kappa shape index (κ1) is 14.1. The topological polar surface area (TPSA) is 75.7 Å². The first-order chi connectivity index (χ1) is 7.63. The Bertz CT molecular complexity index is 382. The van der Waals surface area contributed by atoms with Gasteiger partial charge in [-0.3, -0.25) is 0 Å². The number of aliphatic hydroxyl groups is 1. The van der Waals surface area contributed by atoms with Crippen molar-refractivity contribution in [2.45, 2.75) is 25.0 Å². The average molecular weight is 260 g/mol. The van der Waals surface area contributed by atoms with E-state index in [-0.39, 0.29) is 24.1 Å². The van der Waals surface area contributed by atoms with E-state index in [1.54, 1.807) is 19.2 Å². The van der Waals surface area contributed by atoms with E-state index in [1.165, 1.54) is 6.07 Å². The van der Waals surface area contributed by atoms with Gasteiger partial charge in [0.1, 0.15) is 11.5 Å². The lowest BCUT2D eigenvalue weighted by Crippen LogP contribution is -2.27. The van der Waals surface area contributed by atoms with Crippen LogP contribution in [-0.4, -0.2) is 23.4 Å². The molecule has 0 bridgehead atoms. The molecule has 4 nitrogen and oxygen atoms in total. The van der Waals surface area contributed by atoms with E-state index in [9.17, 15) is 10.2 Å². The van der Waals surface area contributed by atoms with Gasteiger partial charge in [-0.05, 0) is 37.0 Å². The van der Waals surface area contributed by atoms with Crippen LogP contribution >= 0.6 is 12.4 Å². The summed E-state index contributed by atoms with van der Waals surface area (Å²) >= 11 is 0. The van der Waals surface area contributed by atoms with E-state index in [1.807, 2.05) is 0 Å². The van der Waals surface area contributed by atoms with Crippen molar-refractivity contribution in [3.8, 4) is 11.5 Å². The molecule has 2 atom stereocenters. The zero-order valence-electron chi connectivity index (χ0n) is 9.67. The molecule has 1 aliphatic rings. The number of hydrogen-bond acceptors (Lipinski definition) is 4. The van der Waals surface area contributed by atoms with E-state index in [0.29, 0.717) is 11.3 Å². The molecule has 5 heteroatoms. The molecule has 96 valence electrons. The largest absolute Gasteiger partial charge is 0.508 e. The molecule has 0 radical (unpaired) electrons. The highest BCUT2D eigenvalue weighted by Gasteiger charge is 2.35. The van der Waals surface area contributed by atoms with E-state index >= 15 is 0 Å². The first-order valence-corrected chi connectivity index (χ1v) is 5.44. The summed E-state index contributed by atoms with van der Waals surface area (Å²) in [5.74, 6) is 1.01. The second-order valence-electron chi connectivity index (χ2n) is 4.28. The third-order valence-corrected chi connectivity index (χ3v) is 3.07. The van der Waals surface area contributed by atoms with Crippen molar-refractivity contribution < 1.29 is 14.9 Å². The molecule has 17 heavy (non-hydrogen) atoms. The normalized spacial score (nSPS) is 18.1. The molecule has 0 spiro atoms. The lowest BCUT2D eigenvalue weighted by atomic mass is 9.98. The highest BCUT2D eigenvalue weighted by Crippen LogP contribution is 2.39. The van der Waals surface area contributed by atoms with Gasteiger partial charge in [-0.25, -0.2) is 0 Å². The van der Waals surface area contributed by atoms with Crippen molar-refractivity contribution in [3.05, 3.63) is 23.8 Å². The summed E-state index contributed by atoms with van der Waals surface area (Å²) in [5, 5.41) is 19.6. The Hall–Kier alpha value is -0.970. The Balaban J connectivity index is 0.00000144. The maximum Gasteiger partial charge on any atom is 0.120 e. The molecule has 1 fully saturated rings. The summed E-state index contributed by atoms with van der Waals surface area (Å²) in [5.41, 5.74) is 6.48. The highest BCUT2D eigenvalue weighted by molar-refractivity contribution is 5.85. The molecule has 4 N–H and O–H groups in total. The van der Waals surface area contributed by atoms with Gasteiger partial charge >= 0.3 is 0 Å². The Morgan fingerprint density at radius 1 is 1.41 bits per heavy atom. The number of benzene rings is 1. The number of phenols is 1. The van der Waals surface area contributed by atoms with Crippen LogP contribution in [0.5, 0.6) is 11.5 Å². The van der Waals surface area contributed by atoms with Crippen LogP contribution in [0.2, 0.25) is 0 Å².